The Morgan fingerprint density at radius 2 is 2.24 bits per heavy atom. The molecule has 6 nitrogen and oxygen atoms in total. The van der Waals surface area contributed by atoms with Crippen LogP contribution in [0.4, 0.5) is 10.1 Å². The quantitative estimate of drug-likeness (QED) is 0.410. The Balaban J connectivity index is 1.84. The first-order valence-electron chi connectivity index (χ1n) is 9.20. The van der Waals surface area contributed by atoms with Crippen LogP contribution in [0.15, 0.2) is 40.3 Å². The fourth-order valence-electron chi connectivity index (χ4n) is 3.21. The van der Waals surface area contributed by atoms with Crippen molar-refractivity contribution in [1.29, 1.82) is 0 Å². The molecule has 0 unspecified atom stereocenters. The molecule has 29 heavy (non-hydrogen) atoms. The van der Waals surface area contributed by atoms with Gasteiger partial charge in [-0.1, -0.05) is 17.7 Å². The number of halogens is 2. The molecule has 0 spiro atoms. The highest BCUT2D eigenvalue weighted by Gasteiger charge is 2.25. The lowest BCUT2D eigenvalue weighted by Crippen LogP contribution is -2.31. The number of pyridine rings is 1. The van der Waals surface area contributed by atoms with Crippen molar-refractivity contribution in [3.05, 3.63) is 51.6 Å². The molecule has 0 fully saturated rings. The van der Waals surface area contributed by atoms with Gasteiger partial charge in [-0.25, -0.2) is 9.37 Å². The summed E-state index contributed by atoms with van der Waals surface area (Å²) in [5.41, 5.74) is 9.43. The molecule has 0 aromatic carbocycles. The number of hydrogen-bond donors (Lipinski definition) is 2. The number of aryl methyl sites for hydroxylation is 1. The molecule has 3 N–H and O–H groups in total. The summed E-state index contributed by atoms with van der Waals surface area (Å²) in [6.07, 6.45) is 0.753. The molecule has 9 heteroatoms. The van der Waals surface area contributed by atoms with Crippen LogP contribution in [-0.2, 0) is 20.0 Å². The van der Waals surface area contributed by atoms with E-state index in [0.717, 1.165) is 16.9 Å². The van der Waals surface area contributed by atoms with Gasteiger partial charge in [-0.15, -0.1) is 11.3 Å². The van der Waals surface area contributed by atoms with Crippen LogP contribution in [0, 0.1) is 0 Å². The van der Waals surface area contributed by atoms with E-state index in [1.54, 1.807) is 28.3 Å². The lowest BCUT2D eigenvalue weighted by atomic mass is 10.0. The molecular formula is C20H21ClFN5OS. The molecular weight excluding hydrogens is 413 g/mol. The van der Waals surface area contributed by atoms with Crippen molar-refractivity contribution < 1.29 is 8.81 Å². The summed E-state index contributed by atoms with van der Waals surface area (Å²) < 4.78 is 21.7. The number of aromatic nitrogens is 3. The molecule has 0 radical (unpaired) electrons. The van der Waals surface area contributed by atoms with Gasteiger partial charge in [0.05, 0.1) is 16.9 Å². The van der Waals surface area contributed by atoms with Gasteiger partial charge >= 0.3 is 0 Å². The van der Waals surface area contributed by atoms with E-state index in [4.69, 9.17) is 21.8 Å². The summed E-state index contributed by atoms with van der Waals surface area (Å²) in [4.78, 5) is 5.69. The van der Waals surface area contributed by atoms with E-state index in [1.165, 1.54) is 11.8 Å². The van der Waals surface area contributed by atoms with Gasteiger partial charge < -0.3 is 15.5 Å². The Hall–Kier alpha value is -2.42. The van der Waals surface area contributed by atoms with Crippen molar-refractivity contribution in [2.24, 2.45) is 12.8 Å². The molecule has 2 atom stereocenters. The second kappa shape index (κ2) is 8.14. The van der Waals surface area contributed by atoms with E-state index in [9.17, 15) is 4.39 Å². The van der Waals surface area contributed by atoms with E-state index < -0.39 is 12.2 Å². The predicted octanol–water partition coefficient (Wildman–Crippen LogP) is 4.78. The average molecular weight is 434 g/mol. The molecule has 0 amide bonds. The maximum absolute atomic E-state index is 13.8. The summed E-state index contributed by atoms with van der Waals surface area (Å²) in [7, 11) is 1.83. The van der Waals surface area contributed by atoms with Gasteiger partial charge in [0.25, 0.3) is 0 Å². The monoisotopic (exact) mass is 433 g/mol. The van der Waals surface area contributed by atoms with Crippen LogP contribution in [0.5, 0.6) is 0 Å². The number of rotatable bonds is 7. The number of fused-ring (bicyclic) bond motifs is 1. The molecule has 4 aromatic heterocycles. The summed E-state index contributed by atoms with van der Waals surface area (Å²) in [6.45, 7) is 2.07. The molecule has 0 aliphatic rings. The van der Waals surface area contributed by atoms with Gasteiger partial charge in [-0.2, -0.15) is 5.10 Å². The SMILES string of the molecule is C[C@H](F)[C@H](N)Cc1oc2c(NCc3cccs3)cc(Cl)nc2c1-c1ccnn1C. The van der Waals surface area contributed by atoms with Crippen molar-refractivity contribution in [3.8, 4) is 11.3 Å². The molecule has 0 aliphatic carbocycles. The predicted molar refractivity (Wildman–Crippen MR) is 115 cm³/mol. The Labute approximate surface area is 176 Å². The summed E-state index contributed by atoms with van der Waals surface area (Å²) in [6, 6.07) is 6.95. The minimum atomic E-state index is -1.17. The summed E-state index contributed by atoms with van der Waals surface area (Å²) in [5, 5.41) is 9.98. The lowest BCUT2D eigenvalue weighted by molar-refractivity contribution is 0.296. The second-order valence-electron chi connectivity index (χ2n) is 6.89. The van der Waals surface area contributed by atoms with Crippen LogP contribution < -0.4 is 11.1 Å². The maximum Gasteiger partial charge on any atom is 0.176 e. The van der Waals surface area contributed by atoms with Gasteiger partial charge in [0.2, 0.25) is 0 Å². The van der Waals surface area contributed by atoms with Gasteiger partial charge in [-0.05, 0) is 24.4 Å². The first-order chi connectivity index (χ1) is 13.9. The third-order valence-corrected chi connectivity index (χ3v) is 5.87. The van der Waals surface area contributed by atoms with Crippen LogP contribution in [-0.4, -0.2) is 27.0 Å². The van der Waals surface area contributed by atoms with Gasteiger partial charge in [0.1, 0.15) is 22.6 Å². The third-order valence-electron chi connectivity index (χ3n) is 4.80. The number of nitrogens with zero attached hydrogens (tertiary/aromatic N) is 3. The number of nitrogens with two attached hydrogens (primary N) is 1. The molecule has 0 bridgehead atoms. The summed E-state index contributed by atoms with van der Waals surface area (Å²) in [5.74, 6) is 0.564. The fourth-order valence-corrected chi connectivity index (χ4v) is 4.05. The molecule has 0 saturated carbocycles. The van der Waals surface area contributed by atoms with Gasteiger partial charge in [0.15, 0.2) is 5.58 Å². The fraction of sp³-hybridized carbons (Fsp3) is 0.300. The van der Waals surface area contributed by atoms with Crippen molar-refractivity contribution >= 4 is 39.7 Å². The highest BCUT2D eigenvalue weighted by Crippen LogP contribution is 2.39. The van der Waals surface area contributed by atoms with Crippen molar-refractivity contribution in [2.45, 2.75) is 32.1 Å². The Morgan fingerprint density at radius 1 is 1.41 bits per heavy atom. The molecule has 4 heterocycles. The second-order valence-corrected chi connectivity index (χ2v) is 8.31. The number of thiophene rings is 1. The zero-order valence-corrected chi connectivity index (χ0v) is 17.6. The molecule has 152 valence electrons. The standard InChI is InChI=1S/C20H21ClFN5OS/c1-11(22)13(23)8-16-18(15-5-6-25-27(15)2)19-20(28-16)14(9-17(21)26-19)24-10-12-4-3-7-29-12/h3-7,9,11,13H,8,10,23H2,1-2H3,(H,24,26)/t11-,13+/m0/s1. The Morgan fingerprint density at radius 3 is 2.90 bits per heavy atom. The zero-order chi connectivity index (χ0) is 20.5. The molecule has 0 saturated heterocycles. The first kappa shape index (κ1) is 19.9. The van der Waals surface area contributed by atoms with Crippen LogP contribution in [0.25, 0.3) is 22.4 Å². The summed E-state index contributed by atoms with van der Waals surface area (Å²) >= 11 is 7.99. The zero-order valence-electron chi connectivity index (χ0n) is 16.0. The minimum absolute atomic E-state index is 0.233. The maximum atomic E-state index is 13.8. The van der Waals surface area contributed by atoms with Crippen molar-refractivity contribution in [1.82, 2.24) is 14.8 Å². The van der Waals surface area contributed by atoms with E-state index in [1.807, 2.05) is 30.6 Å². The average Bonchev–Trinajstić information content (AvgIpc) is 3.40. The lowest BCUT2D eigenvalue weighted by Gasteiger charge is -2.12. The number of hydrogen-bond acceptors (Lipinski definition) is 6. The van der Waals surface area contributed by atoms with Crippen LogP contribution in [0.1, 0.15) is 17.6 Å². The van der Waals surface area contributed by atoms with Crippen molar-refractivity contribution in [2.75, 3.05) is 5.32 Å². The smallest absolute Gasteiger partial charge is 0.176 e. The number of anilines is 1. The van der Waals surface area contributed by atoms with Gasteiger partial charge in [0, 0.05) is 43.2 Å². The molecule has 4 rings (SSSR count). The van der Waals surface area contributed by atoms with Crippen LogP contribution in [0.2, 0.25) is 5.15 Å². The Kier molecular flexibility index (Phi) is 5.58. The number of nitrogens with one attached hydrogen (secondary N) is 1. The van der Waals surface area contributed by atoms with Crippen molar-refractivity contribution in [3.63, 3.8) is 0 Å². The van der Waals surface area contributed by atoms with Crippen LogP contribution >= 0.6 is 22.9 Å². The Bertz CT molecular complexity index is 1120. The number of furan rings is 1. The van der Waals surface area contributed by atoms with Crippen LogP contribution in [0.3, 0.4) is 0 Å². The first-order valence-corrected chi connectivity index (χ1v) is 10.5. The molecule has 0 aliphatic heterocycles. The normalized spacial score (nSPS) is 13.7. The highest BCUT2D eigenvalue weighted by atomic mass is 35.5. The highest BCUT2D eigenvalue weighted by molar-refractivity contribution is 7.09. The topological polar surface area (TPSA) is 81.9 Å². The van der Waals surface area contributed by atoms with E-state index in [2.05, 4.69) is 15.4 Å². The third kappa shape index (κ3) is 4.01. The number of alkyl halides is 1. The van der Waals surface area contributed by atoms with E-state index in [0.29, 0.717) is 28.6 Å². The molecule has 4 aromatic rings. The minimum Gasteiger partial charge on any atom is -0.456 e. The van der Waals surface area contributed by atoms with E-state index >= 15 is 0 Å². The van der Waals surface area contributed by atoms with E-state index in [-0.39, 0.29) is 6.42 Å². The largest absolute Gasteiger partial charge is 0.456 e. The van der Waals surface area contributed by atoms with Gasteiger partial charge in [-0.3, -0.25) is 4.68 Å².